The Morgan fingerprint density at radius 3 is 2.20 bits per heavy atom. The van der Waals surface area contributed by atoms with Gasteiger partial charge in [-0.15, -0.1) is 0 Å². The molecule has 5 nitrogen and oxygen atoms in total. The fraction of sp³-hybridized carbons (Fsp3) is 0. The molecule has 1 aliphatic rings. The van der Waals surface area contributed by atoms with Crippen molar-refractivity contribution in [1.29, 1.82) is 10.8 Å². The Bertz CT molecular complexity index is 2590. The maximum Gasteiger partial charge on any atom is 0.160 e. The molecule has 210 valence electrons. The van der Waals surface area contributed by atoms with Gasteiger partial charge in [-0.05, 0) is 69.9 Å². The second-order valence-electron chi connectivity index (χ2n) is 11.4. The predicted molar refractivity (Wildman–Crippen MR) is 184 cm³/mol. The Labute approximate surface area is 258 Å². The van der Waals surface area contributed by atoms with Gasteiger partial charge in [0.1, 0.15) is 11.2 Å². The zero-order valence-corrected chi connectivity index (χ0v) is 24.0. The van der Waals surface area contributed by atoms with E-state index in [4.69, 9.17) is 25.2 Å². The minimum absolute atomic E-state index is 0.235. The maximum atomic E-state index is 8.51. The minimum Gasteiger partial charge on any atom is -0.456 e. The molecule has 8 aromatic rings. The number of para-hydroxylation sites is 2. The summed E-state index contributed by atoms with van der Waals surface area (Å²) in [5.74, 6) is 0.656. The van der Waals surface area contributed by atoms with E-state index in [2.05, 4.69) is 72.8 Å². The number of furan rings is 1. The van der Waals surface area contributed by atoms with Crippen LogP contribution in [0, 0.1) is 10.8 Å². The molecule has 0 spiro atoms. The van der Waals surface area contributed by atoms with Crippen LogP contribution in [0.25, 0.3) is 83.5 Å². The second kappa shape index (κ2) is 9.66. The highest BCUT2D eigenvalue weighted by molar-refractivity contribution is 6.53. The van der Waals surface area contributed by atoms with Crippen LogP contribution in [0.5, 0.6) is 0 Å². The van der Waals surface area contributed by atoms with Crippen molar-refractivity contribution in [2.45, 2.75) is 0 Å². The summed E-state index contributed by atoms with van der Waals surface area (Å²) in [6, 6.07) is 41.3. The van der Waals surface area contributed by atoms with Gasteiger partial charge in [0.05, 0.1) is 22.6 Å². The number of rotatable bonds is 3. The molecule has 1 aliphatic carbocycles. The minimum atomic E-state index is 0.235. The summed E-state index contributed by atoms with van der Waals surface area (Å²) in [6.45, 7) is 0. The van der Waals surface area contributed by atoms with Crippen LogP contribution in [-0.2, 0) is 0 Å². The Morgan fingerprint density at radius 1 is 0.511 bits per heavy atom. The molecule has 9 rings (SSSR count). The molecule has 0 atom stereocenters. The Kier molecular flexibility index (Phi) is 5.43. The van der Waals surface area contributed by atoms with E-state index in [1.807, 2.05) is 54.6 Å². The van der Waals surface area contributed by atoms with E-state index < -0.39 is 0 Å². The van der Waals surface area contributed by atoms with Gasteiger partial charge in [0.15, 0.2) is 5.82 Å². The Morgan fingerprint density at radius 2 is 1.27 bits per heavy atom. The molecule has 0 saturated carbocycles. The third kappa shape index (κ3) is 4.02. The van der Waals surface area contributed by atoms with Gasteiger partial charge < -0.3 is 4.42 Å². The zero-order chi connectivity index (χ0) is 30.1. The van der Waals surface area contributed by atoms with Crippen molar-refractivity contribution in [3.05, 3.63) is 139 Å². The third-order valence-corrected chi connectivity index (χ3v) is 8.71. The van der Waals surface area contributed by atoms with Crippen LogP contribution in [0.2, 0.25) is 0 Å². The van der Waals surface area contributed by atoms with Gasteiger partial charge in [-0.25, -0.2) is 9.97 Å². The van der Waals surface area contributed by atoms with Crippen LogP contribution < -0.4 is 0 Å². The highest BCUT2D eigenvalue weighted by atomic mass is 16.3. The van der Waals surface area contributed by atoms with E-state index in [0.717, 1.165) is 82.7 Å². The number of hydrogen-bond donors (Lipinski definition) is 2. The molecule has 6 aromatic carbocycles. The fourth-order valence-corrected chi connectivity index (χ4v) is 6.47. The van der Waals surface area contributed by atoms with Crippen LogP contribution in [0.4, 0.5) is 0 Å². The van der Waals surface area contributed by atoms with Crippen molar-refractivity contribution in [1.82, 2.24) is 9.97 Å². The number of fused-ring (bicyclic) bond motifs is 7. The maximum absolute atomic E-state index is 8.51. The van der Waals surface area contributed by atoms with Crippen LogP contribution in [-0.4, -0.2) is 21.4 Å². The van der Waals surface area contributed by atoms with E-state index in [1.165, 1.54) is 0 Å². The number of benzene rings is 6. The van der Waals surface area contributed by atoms with Crippen molar-refractivity contribution < 1.29 is 4.42 Å². The third-order valence-electron chi connectivity index (χ3n) is 8.71. The van der Waals surface area contributed by atoms with Crippen molar-refractivity contribution >= 4 is 61.1 Å². The first-order chi connectivity index (χ1) is 22.1. The molecule has 0 bridgehead atoms. The van der Waals surface area contributed by atoms with Gasteiger partial charge in [-0.1, -0.05) is 91.0 Å². The van der Waals surface area contributed by atoms with Crippen molar-refractivity contribution in [3.63, 3.8) is 0 Å². The van der Waals surface area contributed by atoms with Crippen LogP contribution >= 0.6 is 0 Å². The Balaban J connectivity index is 1.16. The number of aromatic nitrogens is 2. The average molecular weight is 577 g/mol. The SMILES string of the molecule is N=C1C=Cc2ccc3cc(-c4cccc(-c5nc(-c6ccc7c(c6)oc6ccccc67)c6ccccc6n5)c4)ccc3c2C1=N. The van der Waals surface area contributed by atoms with Gasteiger partial charge >= 0.3 is 0 Å². The molecule has 5 heteroatoms. The van der Waals surface area contributed by atoms with Crippen molar-refractivity contribution in [3.8, 4) is 33.8 Å². The summed E-state index contributed by atoms with van der Waals surface area (Å²) >= 11 is 0. The van der Waals surface area contributed by atoms with Gasteiger partial charge in [-0.2, -0.15) is 0 Å². The summed E-state index contributed by atoms with van der Waals surface area (Å²) in [7, 11) is 0. The van der Waals surface area contributed by atoms with Gasteiger partial charge in [0.2, 0.25) is 0 Å². The molecule has 0 fully saturated rings. The molecule has 0 aliphatic heterocycles. The molecule has 0 unspecified atom stereocenters. The summed E-state index contributed by atoms with van der Waals surface area (Å²) in [6.07, 6.45) is 3.60. The number of hydrogen-bond acceptors (Lipinski definition) is 5. The lowest BCUT2D eigenvalue weighted by molar-refractivity contribution is 0.669. The first kappa shape index (κ1) is 25.3. The largest absolute Gasteiger partial charge is 0.456 e. The zero-order valence-electron chi connectivity index (χ0n) is 24.0. The molecule has 45 heavy (non-hydrogen) atoms. The van der Waals surface area contributed by atoms with Gasteiger partial charge in [0, 0.05) is 32.8 Å². The van der Waals surface area contributed by atoms with E-state index in [0.29, 0.717) is 5.82 Å². The summed E-state index contributed by atoms with van der Waals surface area (Å²) < 4.78 is 6.21. The smallest absolute Gasteiger partial charge is 0.160 e. The van der Waals surface area contributed by atoms with Gasteiger partial charge in [0.25, 0.3) is 0 Å². The molecular formula is C40H24N4O. The van der Waals surface area contributed by atoms with E-state index in [9.17, 15) is 0 Å². The number of allylic oxidation sites excluding steroid dienone is 1. The standard InChI is InChI=1S/C40H24N4O/c41-33-19-16-23-12-13-26-20-25(14-17-29(26)37(23)38(33)42)24-6-5-7-28(21-24)40-43-34-10-3-1-9-32(34)39(44-40)27-15-18-31-30-8-2-4-11-35(30)45-36(31)22-27/h1-22,41-42H. The first-order valence-electron chi connectivity index (χ1n) is 14.8. The molecule has 0 saturated heterocycles. The topological polar surface area (TPSA) is 86.6 Å². The highest BCUT2D eigenvalue weighted by Gasteiger charge is 2.18. The molecule has 0 amide bonds. The molecule has 2 aromatic heterocycles. The van der Waals surface area contributed by atoms with Crippen LogP contribution in [0.1, 0.15) is 11.1 Å². The summed E-state index contributed by atoms with van der Waals surface area (Å²) in [5, 5.41) is 21.8. The van der Waals surface area contributed by atoms with Crippen LogP contribution in [0.3, 0.4) is 0 Å². The summed E-state index contributed by atoms with van der Waals surface area (Å²) in [5.41, 5.74) is 9.75. The van der Waals surface area contributed by atoms with E-state index in [-0.39, 0.29) is 11.4 Å². The van der Waals surface area contributed by atoms with E-state index >= 15 is 0 Å². The average Bonchev–Trinajstić information content (AvgIpc) is 3.47. The van der Waals surface area contributed by atoms with Gasteiger partial charge in [-0.3, -0.25) is 10.8 Å². The highest BCUT2D eigenvalue weighted by Crippen LogP contribution is 2.36. The monoisotopic (exact) mass is 576 g/mol. The lowest BCUT2D eigenvalue weighted by Gasteiger charge is -2.16. The molecular weight excluding hydrogens is 552 g/mol. The van der Waals surface area contributed by atoms with E-state index in [1.54, 1.807) is 6.08 Å². The number of nitrogens with one attached hydrogen (secondary N) is 2. The Hall–Kier alpha value is -6.20. The quantitative estimate of drug-likeness (QED) is 0.219. The predicted octanol–water partition coefficient (Wildman–Crippen LogP) is 10.1. The lowest BCUT2D eigenvalue weighted by atomic mass is 9.88. The molecule has 0 radical (unpaired) electrons. The number of nitrogens with zero attached hydrogens (tertiary/aromatic N) is 2. The molecule has 2 N–H and O–H groups in total. The van der Waals surface area contributed by atoms with Crippen molar-refractivity contribution in [2.24, 2.45) is 0 Å². The second-order valence-corrected chi connectivity index (χ2v) is 11.4. The summed E-state index contributed by atoms with van der Waals surface area (Å²) in [4.78, 5) is 10.1. The van der Waals surface area contributed by atoms with Crippen molar-refractivity contribution in [2.75, 3.05) is 0 Å². The normalized spacial score (nSPS) is 12.9. The van der Waals surface area contributed by atoms with Crippen LogP contribution in [0.15, 0.2) is 132 Å². The fourth-order valence-electron chi connectivity index (χ4n) is 6.47. The molecule has 2 heterocycles. The lowest BCUT2D eigenvalue weighted by Crippen LogP contribution is -2.16. The first-order valence-corrected chi connectivity index (χ1v) is 14.8.